The summed E-state index contributed by atoms with van der Waals surface area (Å²) >= 11 is 0. The van der Waals surface area contributed by atoms with E-state index in [1.54, 1.807) is 0 Å². The molecule has 1 aliphatic carbocycles. The second-order valence-electron chi connectivity index (χ2n) is 7.61. The Balaban J connectivity index is 1.40. The molecule has 1 unspecified atom stereocenters. The van der Waals surface area contributed by atoms with Crippen LogP contribution in [0.4, 0.5) is 0 Å². The van der Waals surface area contributed by atoms with Crippen LogP contribution in [-0.2, 0) is 27.0 Å². The third-order valence-electron chi connectivity index (χ3n) is 5.80. The van der Waals surface area contributed by atoms with Crippen LogP contribution < -0.4 is 0 Å². The van der Waals surface area contributed by atoms with Gasteiger partial charge in [-0.3, -0.25) is 4.79 Å². The number of aryl methyl sites for hydroxylation is 1. The molecule has 4 rings (SSSR count). The number of carbonyl (C=O) groups is 1. The van der Waals surface area contributed by atoms with Crippen LogP contribution in [0.3, 0.4) is 0 Å². The second-order valence-corrected chi connectivity index (χ2v) is 9.58. The normalized spacial score (nSPS) is 20.6. The maximum Gasteiger partial charge on any atom is 0.230 e. The van der Waals surface area contributed by atoms with Crippen LogP contribution in [0.25, 0.3) is 0 Å². The maximum absolute atomic E-state index is 13.1. The number of hydrogen-bond acceptors (Lipinski definition) is 3. The molecule has 148 valence electrons. The summed E-state index contributed by atoms with van der Waals surface area (Å²) in [6, 6.07) is 17.5. The zero-order chi connectivity index (χ0) is 19.6. The van der Waals surface area contributed by atoms with Gasteiger partial charge in [-0.15, -0.1) is 0 Å². The van der Waals surface area contributed by atoms with E-state index in [4.69, 9.17) is 0 Å². The molecule has 5 nitrogen and oxygen atoms in total. The standard InChI is InChI=1S/C22H26N2O3S/c25-22(21-12-6-10-19-9-4-5-11-20(19)21)23-13-15-24(16-14-23)28(26,27)17-18-7-2-1-3-8-18/h1-5,7-9,11,21H,6,10,12-17H2. The van der Waals surface area contributed by atoms with E-state index in [2.05, 4.69) is 12.1 Å². The first-order valence-corrected chi connectivity index (χ1v) is 11.5. The largest absolute Gasteiger partial charge is 0.340 e. The van der Waals surface area contributed by atoms with Crippen LogP contribution in [0.5, 0.6) is 0 Å². The van der Waals surface area contributed by atoms with Crippen molar-refractivity contribution in [1.82, 2.24) is 9.21 Å². The lowest BCUT2D eigenvalue weighted by molar-refractivity contribution is -0.134. The minimum atomic E-state index is -3.36. The summed E-state index contributed by atoms with van der Waals surface area (Å²) in [6.45, 7) is 1.67. The van der Waals surface area contributed by atoms with Crippen LogP contribution in [0, 0.1) is 0 Å². The van der Waals surface area contributed by atoms with Crippen molar-refractivity contribution >= 4 is 15.9 Å². The van der Waals surface area contributed by atoms with Crippen molar-refractivity contribution in [3.8, 4) is 0 Å². The van der Waals surface area contributed by atoms with Gasteiger partial charge in [0.25, 0.3) is 0 Å². The third kappa shape index (κ3) is 3.98. The van der Waals surface area contributed by atoms with Crippen molar-refractivity contribution in [2.24, 2.45) is 0 Å². The molecule has 0 spiro atoms. The van der Waals surface area contributed by atoms with Gasteiger partial charge in [0.1, 0.15) is 0 Å². The van der Waals surface area contributed by atoms with E-state index >= 15 is 0 Å². The van der Waals surface area contributed by atoms with Gasteiger partial charge >= 0.3 is 0 Å². The Bertz CT molecular complexity index is 935. The summed E-state index contributed by atoms with van der Waals surface area (Å²) in [5, 5.41) is 0. The number of fused-ring (bicyclic) bond motifs is 1. The van der Waals surface area contributed by atoms with Crippen molar-refractivity contribution in [1.29, 1.82) is 0 Å². The Morgan fingerprint density at radius 3 is 2.36 bits per heavy atom. The molecular formula is C22H26N2O3S. The minimum Gasteiger partial charge on any atom is -0.340 e. The molecule has 0 N–H and O–H groups in total. The monoisotopic (exact) mass is 398 g/mol. The lowest BCUT2D eigenvalue weighted by atomic mass is 9.82. The van der Waals surface area contributed by atoms with Crippen molar-refractivity contribution < 1.29 is 13.2 Å². The lowest BCUT2D eigenvalue weighted by Crippen LogP contribution is -2.52. The van der Waals surface area contributed by atoms with Gasteiger partial charge in [0.2, 0.25) is 15.9 Å². The number of piperazine rings is 1. The molecule has 2 aromatic carbocycles. The summed E-state index contributed by atoms with van der Waals surface area (Å²) in [6.07, 6.45) is 2.94. The molecule has 1 saturated heterocycles. The van der Waals surface area contributed by atoms with E-state index in [0.29, 0.717) is 26.2 Å². The number of sulfonamides is 1. The van der Waals surface area contributed by atoms with Gasteiger partial charge in [-0.25, -0.2) is 8.42 Å². The van der Waals surface area contributed by atoms with Gasteiger partial charge in [-0.2, -0.15) is 4.31 Å². The number of rotatable bonds is 4. The number of carbonyl (C=O) groups excluding carboxylic acids is 1. The highest BCUT2D eigenvalue weighted by Gasteiger charge is 2.33. The summed E-state index contributed by atoms with van der Waals surface area (Å²) in [7, 11) is -3.36. The maximum atomic E-state index is 13.1. The first-order chi connectivity index (χ1) is 13.5. The van der Waals surface area contributed by atoms with E-state index in [-0.39, 0.29) is 17.6 Å². The van der Waals surface area contributed by atoms with Crippen LogP contribution in [0.2, 0.25) is 0 Å². The Labute approximate surface area is 167 Å². The second kappa shape index (κ2) is 8.05. The molecule has 1 amide bonds. The highest BCUT2D eigenvalue weighted by molar-refractivity contribution is 7.88. The van der Waals surface area contributed by atoms with Crippen LogP contribution >= 0.6 is 0 Å². The van der Waals surface area contributed by atoms with Gasteiger partial charge in [0, 0.05) is 26.2 Å². The first-order valence-electron chi connectivity index (χ1n) is 9.93. The van der Waals surface area contributed by atoms with Crippen LogP contribution in [0.15, 0.2) is 54.6 Å². The van der Waals surface area contributed by atoms with E-state index in [0.717, 1.165) is 30.4 Å². The fourth-order valence-corrected chi connectivity index (χ4v) is 5.81. The molecule has 1 atom stereocenters. The van der Waals surface area contributed by atoms with Gasteiger partial charge in [0.05, 0.1) is 11.7 Å². The molecule has 1 fully saturated rings. The van der Waals surface area contributed by atoms with Gasteiger partial charge in [-0.1, -0.05) is 54.6 Å². The summed E-state index contributed by atoms with van der Waals surface area (Å²) in [4.78, 5) is 15.0. The number of benzene rings is 2. The number of hydrogen-bond donors (Lipinski definition) is 0. The van der Waals surface area contributed by atoms with Crippen molar-refractivity contribution in [3.63, 3.8) is 0 Å². The highest BCUT2D eigenvalue weighted by atomic mass is 32.2. The molecular weight excluding hydrogens is 372 g/mol. The molecule has 2 aromatic rings. The topological polar surface area (TPSA) is 57.7 Å². The average molecular weight is 399 g/mol. The Kier molecular flexibility index (Phi) is 5.51. The van der Waals surface area contributed by atoms with Gasteiger partial charge in [0.15, 0.2) is 0 Å². The van der Waals surface area contributed by atoms with Gasteiger partial charge in [-0.05, 0) is 36.0 Å². The summed E-state index contributed by atoms with van der Waals surface area (Å²) in [5.41, 5.74) is 3.22. The average Bonchev–Trinajstić information content (AvgIpc) is 2.73. The Hall–Kier alpha value is -2.18. The highest BCUT2D eigenvalue weighted by Crippen LogP contribution is 2.33. The smallest absolute Gasteiger partial charge is 0.230 e. The molecule has 0 saturated carbocycles. The zero-order valence-corrected chi connectivity index (χ0v) is 16.8. The van der Waals surface area contributed by atoms with Crippen LogP contribution in [-0.4, -0.2) is 49.7 Å². The Morgan fingerprint density at radius 1 is 0.929 bits per heavy atom. The lowest BCUT2D eigenvalue weighted by Gasteiger charge is -2.37. The predicted molar refractivity (Wildman–Crippen MR) is 109 cm³/mol. The van der Waals surface area contributed by atoms with Gasteiger partial charge < -0.3 is 4.90 Å². The summed E-state index contributed by atoms with van der Waals surface area (Å²) in [5.74, 6) is 0.0716. The third-order valence-corrected chi connectivity index (χ3v) is 7.65. The minimum absolute atomic E-state index is 0.0117. The SMILES string of the molecule is O=C(C1CCCc2ccccc21)N1CCN(S(=O)(=O)Cc2ccccc2)CC1. The van der Waals surface area contributed by atoms with E-state index in [9.17, 15) is 13.2 Å². The molecule has 0 bridgehead atoms. The van der Waals surface area contributed by atoms with E-state index < -0.39 is 10.0 Å². The fraction of sp³-hybridized carbons (Fsp3) is 0.409. The van der Waals surface area contributed by atoms with Crippen molar-refractivity contribution in [3.05, 3.63) is 71.3 Å². The molecule has 6 heteroatoms. The molecule has 0 aromatic heterocycles. The zero-order valence-electron chi connectivity index (χ0n) is 16.0. The van der Waals surface area contributed by atoms with Crippen molar-refractivity contribution in [2.75, 3.05) is 26.2 Å². The summed E-state index contributed by atoms with van der Waals surface area (Å²) < 4.78 is 27.0. The molecule has 0 radical (unpaired) electrons. The number of nitrogens with zero attached hydrogens (tertiary/aromatic N) is 2. The van der Waals surface area contributed by atoms with Crippen LogP contribution in [0.1, 0.15) is 35.4 Å². The fourth-order valence-electron chi connectivity index (χ4n) is 4.29. The quantitative estimate of drug-likeness (QED) is 0.796. The predicted octanol–water partition coefficient (Wildman–Crippen LogP) is 2.78. The molecule has 28 heavy (non-hydrogen) atoms. The Morgan fingerprint density at radius 2 is 1.61 bits per heavy atom. The first kappa shape index (κ1) is 19.2. The van der Waals surface area contributed by atoms with E-state index in [1.165, 1.54) is 9.87 Å². The van der Waals surface area contributed by atoms with Crippen molar-refractivity contribution in [2.45, 2.75) is 30.9 Å². The molecule has 1 heterocycles. The number of amides is 1. The van der Waals surface area contributed by atoms with E-state index in [1.807, 2.05) is 47.4 Å². The molecule has 1 aliphatic heterocycles. The molecule has 2 aliphatic rings.